The largest absolute Gasteiger partial charge is 0.470 e. The summed E-state index contributed by atoms with van der Waals surface area (Å²) in [5.74, 6) is -0.116. The van der Waals surface area contributed by atoms with Crippen molar-refractivity contribution >= 4 is 12.0 Å². The first kappa shape index (κ1) is 11.6. The summed E-state index contributed by atoms with van der Waals surface area (Å²) >= 11 is 0. The van der Waals surface area contributed by atoms with E-state index in [4.69, 9.17) is 16.2 Å². The number of carbonyl (C=O) groups excluding carboxylic acids is 1. The molecule has 90 valence electrons. The second-order valence-electron chi connectivity index (χ2n) is 3.79. The number of carbonyl (C=O) groups is 1. The van der Waals surface area contributed by atoms with Gasteiger partial charge in [0.25, 0.3) is 0 Å². The standard InChI is InChI=1S/C11H13N3O3/c1-5-3-14-8(4-15)6-2-7(10(12)16)11(13)17-9(5)6/h2-3,11,15H,4,13H2,1H3,(H2,12,16). The third-order valence-electron chi connectivity index (χ3n) is 2.61. The molecule has 17 heavy (non-hydrogen) atoms. The summed E-state index contributed by atoms with van der Waals surface area (Å²) in [6.45, 7) is 1.56. The Balaban J connectivity index is 2.63. The number of fused-ring (bicyclic) bond motifs is 1. The Bertz CT molecular complexity index is 511. The summed E-state index contributed by atoms with van der Waals surface area (Å²) < 4.78 is 5.44. The Morgan fingerprint density at radius 2 is 2.35 bits per heavy atom. The average molecular weight is 235 g/mol. The maximum atomic E-state index is 11.2. The molecular weight excluding hydrogens is 222 g/mol. The quantitative estimate of drug-likeness (QED) is 0.635. The number of aromatic nitrogens is 1. The van der Waals surface area contributed by atoms with E-state index in [1.54, 1.807) is 6.20 Å². The van der Waals surface area contributed by atoms with Gasteiger partial charge in [-0.3, -0.25) is 15.5 Å². The lowest BCUT2D eigenvalue weighted by atomic mass is 10.0. The minimum absolute atomic E-state index is 0.166. The van der Waals surface area contributed by atoms with Gasteiger partial charge in [0.05, 0.1) is 17.9 Å². The van der Waals surface area contributed by atoms with Crippen LogP contribution in [-0.2, 0) is 11.4 Å². The highest BCUT2D eigenvalue weighted by atomic mass is 16.5. The van der Waals surface area contributed by atoms with Crippen molar-refractivity contribution in [1.82, 2.24) is 4.98 Å². The van der Waals surface area contributed by atoms with Crippen LogP contribution in [0.4, 0.5) is 0 Å². The van der Waals surface area contributed by atoms with Crippen molar-refractivity contribution in [3.05, 3.63) is 28.6 Å². The predicted molar refractivity (Wildman–Crippen MR) is 60.7 cm³/mol. The molecule has 0 saturated carbocycles. The SMILES string of the molecule is Cc1cnc(CO)c2c1OC(N)C(C(N)=O)=C2. The van der Waals surface area contributed by atoms with E-state index >= 15 is 0 Å². The van der Waals surface area contributed by atoms with Crippen LogP contribution >= 0.6 is 0 Å². The number of aliphatic hydroxyl groups is 1. The molecule has 1 aromatic rings. The van der Waals surface area contributed by atoms with E-state index in [-0.39, 0.29) is 12.2 Å². The number of nitrogens with two attached hydrogens (primary N) is 2. The van der Waals surface area contributed by atoms with Gasteiger partial charge in [-0.1, -0.05) is 0 Å². The molecule has 0 bridgehead atoms. The van der Waals surface area contributed by atoms with Crippen molar-refractivity contribution in [2.45, 2.75) is 19.8 Å². The maximum absolute atomic E-state index is 11.2. The van der Waals surface area contributed by atoms with Gasteiger partial charge in [-0.25, -0.2) is 0 Å². The van der Waals surface area contributed by atoms with Crippen LogP contribution in [0.2, 0.25) is 0 Å². The van der Waals surface area contributed by atoms with Crippen molar-refractivity contribution in [3.8, 4) is 5.75 Å². The van der Waals surface area contributed by atoms with E-state index in [9.17, 15) is 9.90 Å². The van der Waals surface area contributed by atoms with E-state index in [1.165, 1.54) is 6.08 Å². The van der Waals surface area contributed by atoms with Gasteiger partial charge < -0.3 is 15.6 Å². The molecule has 6 nitrogen and oxygen atoms in total. The number of rotatable bonds is 2. The van der Waals surface area contributed by atoms with Gasteiger partial charge in [-0.2, -0.15) is 0 Å². The zero-order valence-corrected chi connectivity index (χ0v) is 9.30. The van der Waals surface area contributed by atoms with Crippen molar-refractivity contribution in [1.29, 1.82) is 0 Å². The molecule has 6 heteroatoms. The molecule has 1 unspecified atom stereocenters. The molecule has 1 atom stereocenters. The molecule has 1 aliphatic rings. The van der Waals surface area contributed by atoms with Gasteiger partial charge in [0.1, 0.15) is 5.75 Å². The molecule has 0 spiro atoms. The summed E-state index contributed by atoms with van der Waals surface area (Å²) in [6.07, 6.45) is 2.23. The van der Waals surface area contributed by atoms with Crippen molar-refractivity contribution < 1.29 is 14.6 Å². The number of pyridine rings is 1. The van der Waals surface area contributed by atoms with Gasteiger partial charge >= 0.3 is 0 Å². The minimum atomic E-state index is -0.882. The van der Waals surface area contributed by atoms with Crippen LogP contribution in [0.15, 0.2) is 11.8 Å². The number of hydrogen-bond acceptors (Lipinski definition) is 5. The number of hydrogen-bond donors (Lipinski definition) is 3. The molecule has 2 rings (SSSR count). The molecule has 0 fully saturated rings. The average Bonchev–Trinajstić information content (AvgIpc) is 2.29. The normalized spacial score (nSPS) is 18.1. The molecular formula is C11H13N3O3. The van der Waals surface area contributed by atoms with Gasteiger partial charge in [-0.05, 0) is 13.0 Å². The van der Waals surface area contributed by atoms with Crippen molar-refractivity contribution in [3.63, 3.8) is 0 Å². The summed E-state index contributed by atoms with van der Waals surface area (Å²) in [4.78, 5) is 15.2. The zero-order valence-electron chi connectivity index (χ0n) is 9.30. The van der Waals surface area contributed by atoms with Crippen LogP contribution in [0.1, 0.15) is 16.8 Å². The number of amides is 1. The predicted octanol–water partition coefficient (Wildman–Crippen LogP) is -0.572. The number of ether oxygens (including phenoxy) is 1. The lowest BCUT2D eigenvalue weighted by molar-refractivity contribution is -0.115. The Morgan fingerprint density at radius 3 is 2.94 bits per heavy atom. The first-order chi connectivity index (χ1) is 8.04. The second-order valence-corrected chi connectivity index (χ2v) is 3.79. The summed E-state index contributed by atoms with van der Waals surface area (Å²) in [6, 6.07) is 0. The van der Waals surface area contributed by atoms with E-state index in [2.05, 4.69) is 4.98 Å². The summed E-state index contributed by atoms with van der Waals surface area (Å²) in [5, 5.41) is 9.18. The number of primary amides is 1. The fraction of sp³-hybridized carbons (Fsp3) is 0.273. The lowest BCUT2D eigenvalue weighted by Crippen LogP contribution is -2.38. The molecule has 1 aliphatic heterocycles. The first-order valence-electron chi connectivity index (χ1n) is 5.07. The second kappa shape index (κ2) is 4.15. The van der Waals surface area contributed by atoms with Crippen molar-refractivity contribution in [2.75, 3.05) is 0 Å². The van der Waals surface area contributed by atoms with Crippen LogP contribution in [0.25, 0.3) is 6.08 Å². The Morgan fingerprint density at radius 1 is 1.65 bits per heavy atom. The summed E-state index contributed by atoms with van der Waals surface area (Å²) in [7, 11) is 0. The Labute approximate surface area is 97.9 Å². The number of aryl methyl sites for hydroxylation is 1. The molecule has 2 heterocycles. The van der Waals surface area contributed by atoms with Crippen molar-refractivity contribution in [2.24, 2.45) is 11.5 Å². The van der Waals surface area contributed by atoms with Gasteiger partial charge in [0, 0.05) is 17.3 Å². The van der Waals surface area contributed by atoms with Crippen LogP contribution in [0, 0.1) is 6.92 Å². The Hall–Kier alpha value is -1.92. The van der Waals surface area contributed by atoms with Crippen LogP contribution in [-0.4, -0.2) is 22.2 Å². The highest BCUT2D eigenvalue weighted by molar-refractivity contribution is 5.98. The van der Waals surface area contributed by atoms with Gasteiger partial charge in [-0.15, -0.1) is 0 Å². The smallest absolute Gasteiger partial charge is 0.249 e. The Kier molecular flexibility index (Phi) is 2.83. The van der Waals surface area contributed by atoms with Gasteiger partial charge in [0.2, 0.25) is 5.91 Å². The number of nitrogens with zero attached hydrogens (tertiary/aromatic N) is 1. The maximum Gasteiger partial charge on any atom is 0.249 e. The third-order valence-corrected chi connectivity index (χ3v) is 2.61. The van der Waals surface area contributed by atoms with Gasteiger partial charge in [0.15, 0.2) is 6.23 Å². The first-order valence-corrected chi connectivity index (χ1v) is 5.07. The topological polar surface area (TPSA) is 111 Å². The number of aliphatic hydroxyl groups excluding tert-OH is 1. The van der Waals surface area contributed by atoms with Crippen LogP contribution < -0.4 is 16.2 Å². The van der Waals surface area contributed by atoms with Crippen LogP contribution in [0.3, 0.4) is 0 Å². The molecule has 1 aromatic heterocycles. The minimum Gasteiger partial charge on any atom is -0.470 e. The van der Waals surface area contributed by atoms with E-state index in [1.807, 2.05) is 6.92 Å². The molecule has 5 N–H and O–H groups in total. The highest BCUT2D eigenvalue weighted by Crippen LogP contribution is 2.32. The highest BCUT2D eigenvalue weighted by Gasteiger charge is 2.26. The summed E-state index contributed by atoms with van der Waals surface area (Å²) in [5.41, 5.74) is 12.8. The zero-order chi connectivity index (χ0) is 12.6. The molecule has 0 aromatic carbocycles. The molecule has 0 saturated heterocycles. The fourth-order valence-corrected chi connectivity index (χ4v) is 1.72. The fourth-order valence-electron chi connectivity index (χ4n) is 1.72. The van der Waals surface area contributed by atoms with Crippen LogP contribution in [0.5, 0.6) is 5.75 Å². The van der Waals surface area contributed by atoms with E-state index < -0.39 is 12.1 Å². The monoisotopic (exact) mass is 235 g/mol. The third kappa shape index (κ3) is 1.88. The molecule has 0 radical (unpaired) electrons. The lowest BCUT2D eigenvalue weighted by Gasteiger charge is -2.24. The molecule has 1 amide bonds. The van der Waals surface area contributed by atoms with E-state index in [0.29, 0.717) is 17.0 Å². The molecule has 0 aliphatic carbocycles. The van der Waals surface area contributed by atoms with E-state index in [0.717, 1.165) is 5.56 Å².